The number of amides is 1. The molecule has 8 nitrogen and oxygen atoms in total. The third-order valence-electron chi connectivity index (χ3n) is 4.25. The summed E-state index contributed by atoms with van der Waals surface area (Å²) in [6.07, 6.45) is 1.45. The minimum absolute atomic E-state index is 0.313. The Kier molecular flexibility index (Phi) is 6.78. The molecule has 4 aromatic rings. The van der Waals surface area contributed by atoms with Gasteiger partial charge in [-0.15, -0.1) is 5.10 Å². The number of anilines is 1. The lowest BCUT2D eigenvalue weighted by molar-refractivity contribution is -0.119. The van der Waals surface area contributed by atoms with Crippen molar-refractivity contribution >= 4 is 40.9 Å². The molecule has 0 aliphatic carbocycles. The summed E-state index contributed by atoms with van der Waals surface area (Å²) < 4.78 is 6.60. The first-order valence-corrected chi connectivity index (χ1v) is 10.6. The van der Waals surface area contributed by atoms with Gasteiger partial charge in [0.2, 0.25) is 0 Å². The molecule has 1 aromatic heterocycles. The first-order valence-electron chi connectivity index (χ1n) is 9.41. The smallest absolute Gasteiger partial charge is 0.338 e. The molecule has 0 aliphatic rings. The van der Waals surface area contributed by atoms with Crippen LogP contribution in [0.3, 0.4) is 0 Å². The number of benzene rings is 3. The van der Waals surface area contributed by atoms with E-state index in [4.69, 9.17) is 16.3 Å². The maximum atomic E-state index is 12.4. The number of carbonyl (C=O) groups excluding carboxylic acids is 2. The second kappa shape index (κ2) is 10.1. The molecular weight excluding hydrogens is 450 g/mol. The number of para-hydroxylation sites is 1. The van der Waals surface area contributed by atoms with Crippen molar-refractivity contribution < 1.29 is 14.3 Å². The van der Waals surface area contributed by atoms with Crippen LogP contribution in [0.1, 0.15) is 10.4 Å². The fraction of sp³-hybridized carbons (Fsp3) is 0.0455. The molecule has 4 rings (SSSR count). The van der Waals surface area contributed by atoms with Gasteiger partial charge in [0.05, 0.1) is 16.9 Å². The quantitative estimate of drug-likeness (QED) is 0.407. The molecule has 1 N–H and O–H groups in total. The average Bonchev–Trinajstić information content (AvgIpc) is 3.35. The number of hydrogen-bond donors (Lipinski definition) is 1. The van der Waals surface area contributed by atoms with Crippen LogP contribution in [-0.4, -0.2) is 38.7 Å². The van der Waals surface area contributed by atoms with E-state index in [1.165, 1.54) is 22.8 Å². The van der Waals surface area contributed by atoms with E-state index < -0.39 is 18.5 Å². The van der Waals surface area contributed by atoms with Crippen molar-refractivity contribution in [1.82, 2.24) is 20.2 Å². The van der Waals surface area contributed by atoms with Crippen LogP contribution >= 0.6 is 23.4 Å². The lowest BCUT2D eigenvalue weighted by atomic mass is 10.2. The number of carbonyl (C=O) groups is 2. The number of tetrazole rings is 1. The number of ether oxygens (including phenoxy) is 1. The van der Waals surface area contributed by atoms with Crippen LogP contribution in [0.25, 0.3) is 5.69 Å². The van der Waals surface area contributed by atoms with Gasteiger partial charge in [0, 0.05) is 14.8 Å². The first-order chi connectivity index (χ1) is 15.6. The summed E-state index contributed by atoms with van der Waals surface area (Å²) in [5.74, 6) is -1.04. The Balaban J connectivity index is 1.34. The molecule has 0 fully saturated rings. The molecule has 0 radical (unpaired) electrons. The van der Waals surface area contributed by atoms with E-state index in [1.54, 1.807) is 42.5 Å². The van der Waals surface area contributed by atoms with Crippen LogP contribution in [0, 0.1) is 0 Å². The van der Waals surface area contributed by atoms with Gasteiger partial charge >= 0.3 is 5.97 Å². The van der Waals surface area contributed by atoms with Crippen LogP contribution < -0.4 is 5.32 Å². The highest BCUT2D eigenvalue weighted by molar-refractivity contribution is 7.99. The van der Waals surface area contributed by atoms with Gasteiger partial charge in [-0.25, -0.2) is 9.48 Å². The average molecular weight is 466 g/mol. The van der Waals surface area contributed by atoms with Gasteiger partial charge in [-0.1, -0.05) is 35.5 Å². The largest absolute Gasteiger partial charge is 0.452 e. The Morgan fingerprint density at radius 3 is 2.47 bits per heavy atom. The fourth-order valence-electron chi connectivity index (χ4n) is 2.72. The normalized spacial score (nSPS) is 10.5. The minimum Gasteiger partial charge on any atom is -0.452 e. The van der Waals surface area contributed by atoms with Crippen molar-refractivity contribution in [2.75, 3.05) is 11.9 Å². The Labute approximate surface area is 192 Å². The Hall–Kier alpha value is -3.69. The number of nitrogens with one attached hydrogen (secondary N) is 1. The SMILES string of the molecule is O=C(COC(=O)c1ccc(-n2cnnn2)cc1)Nc1ccccc1Sc1ccc(Cl)cc1. The van der Waals surface area contributed by atoms with Crippen LogP contribution in [0.4, 0.5) is 5.69 Å². The summed E-state index contributed by atoms with van der Waals surface area (Å²) >= 11 is 7.42. The number of aromatic nitrogens is 4. The Morgan fingerprint density at radius 2 is 1.75 bits per heavy atom. The second-order valence-electron chi connectivity index (χ2n) is 6.48. The molecule has 0 atom stereocenters. The number of rotatable bonds is 7. The molecule has 10 heteroatoms. The van der Waals surface area contributed by atoms with Crippen molar-refractivity contribution in [3.05, 3.63) is 89.7 Å². The topological polar surface area (TPSA) is 99.0 Å². The number of hydrogen-bond acceptors (Lipinski definition) is 7. The zero-order chi connectivity index (χ0) is 22.3. The van der Waals surface area contributed by atoms with E-state index in [0.29, 0.717) is 22.0 Å². The molecule has 0 bridgehead atoms. The minimum atomic E-state index is -0.604. The lowest BCUT2D eigenvalue weighted by Gasteiger charge is -2.11. The van der Waals surface area contributed by atoms with Crippen LogP contribution in [0.5, 0.6) is 0 Å². The molecule has 0 spiro atoms. The predicted octanol–water partition coefficient (Wildman–Crippen LogP) is 4.26. The summed E-state index contributed by atoms with van der Waals surface area (Å²) in [6.45, 7) is -0.409. The van der Waals surface area contributed by atoms with Crippen molar-refractivity contribution in [2.24, 2.45) is 0 Å². The van der Waals surface area contributed by atoms with Crippen molar-refractivity contribution in [2.45, 2.75) is 9.79 Å². The summed E-state index contributed by atoms with van der Waals surface area (Å²) in [6, 6.07) is 21.3. The van der Waals surface area contributed by atoms with Gasteiger partial charge in [0.25, 0.3) is 5.91 Å². The summed E-state index contributed by atoms with van der Waals surface area (Å²) in [5, 5.41) is 14.3. The summed E-state index contributed by atoms with van der Waals surface area (Å²) in [7, 11) is 0. The number of esters is 1. The lowest BCUT2D eigenvalue weighted by Crippen LogP contribution is -2.21. The van der Waals surface area contributed by atoms with Crippen LogP contribution in [-0.2, 0) is 9.53 Å². The van der Waals surface area contributed by atoms with E-state index in [-0.39, 0.29) is 0 Å². The summed E-state index contributed by atoms with van der Waals surface area (Å²) in [4.78, 5) is 26.5. The molecule has 0 saturated heterocycles. The van der Waals surface area contributed by atoms with Gasteiger partial charge in [-0.3, -0.25) is 4.79 Å². The maximum Gasteiger partial charge on any atom is 0.338 e. The molecule has 160 valence electrons. The zero-order valence-electron chi connectivity index (χ0n) is 16.5. The number of nitrogens with zero attached hydrogens (tertiary/aromatic N) is 4. The monoisotopic (exact) mass is 465 g/mol. The molecule has 0 saturated carbocycles. The van der Waals surface area contributed by atoms with Gasteiger partial charge in [0.1, 0.15) is 6.33 Å². The third-order valence-corrected chi connectivity index (χ3v) is 5.59. The predicted molar refractivity (Wildman–Crippen MR) is 120 cm³/mol. The molecule has 0 unspecified atom stereocenters. The molecule has 1 heterocycles. The zero-order valence-corrected chi connectivity index (χ0v) is 18.1. The van der Waals surface area contributed by atoms with Crippen molar-refractivity contribution in [3.63, 3.8) is 0 Å². The Morgan fingerprint density at radius 1 is 1.00 bits per heavy atom. The van der Waals surface area contributed by atoms with E-state index >= 15 is 0 Å². The third kappa shape index (κ3) is 5.51. The highest BCUT2D eigenvalue weighted by Crippen LogP contribution is 2.33. The molecule has 3 aromatic carbocycles. The highest BCUT2D eigenvalue weighted by atomic mass is 35.5. The second-order valence-corrected chi connectivity index (χ2v) is 8.03. The molecule has 0 aliphatic heterocycles. The van der Waals surface area contributed by atoms with Gasteiger partial charge in [-0.2, -0.15) is 0 Å². The van der Waals surface area contributed by atoms with E-state index in [1.807, 2.05) is 30.3 Å². The standard InChI is InChI=1S/C22H16ClN5O3S/c23-16-7-11-18(12-8-16)32-20-4-2-1-3-19(20)25-21(29)13-31-22(30)15-5-9-17(10-6-15)28-14-24-26-27-28/h1-12,14H,13H2,(H,25,29). The summed E-state index contributed by atoms with van der Waals surface area (Å²) in [5.41, 5.74) is 1.63. The van der Waals surface area contributed by atoms with Gasteiger partial charge < -0.3 is 10.1 Å². The molecular formula is C22H16ClN5O3S. The van der Waals surface area contributed by atoms with Crippen molar-refractivity contribution in [1.29, 1.82) is 0 Å². The van der Waals surface area contributed by atoms with E-state index in [9.17, 15) is 9.59 Å². The molecule has 32 heavy (non-hydrogen) atoms. The van der Waals surface area contributed by atoms with Crippen LogP contribution in [0.2, 0.25) is 5.02 Å². The first kappa shape index (κ1) is 21.5. The van der Waals surface area contributed by atoms with Gasteiger partial charge in [-0.05, 0) is 71.1 Å². The fourth-order valence-corrected chi connectivity index (χ4v) is 3.75. The van der Waals surface area contributed by atoms with Crippen molar-refractivity contribution in [3.8, 4) is 5.69 Å². The highest BCUT2D eigenvalue weighted by Gasteiger charge is 2.13. The number of halogens is 1. The van der Waals surface area contributed by atoms with E-state index in [2.05, 4.69) is 20.8 Å². The van der Waals surface area contributed by atoms with Crippen LogP contribution in [0.15, 0.2) is 88.9 Å². The van der Waals surface area contributed by atoms with E-state index in [0.717, 1.165) is 9.79 Å². The van der Waals surface area contributed by atoms with Gasteiger partial charge in [0.15, 0.2) is 6.61 Å². The molecule has 1 amide bonds. The Bertz CT molecular complexity index is 1220. The maximum absolute atomic E-state index is 12.4.